The molecule has 1 rings (SSSR count). The van der Waals surface area contributed by atoms with E-state index >= 15 is 0 Å². The van der Waals surface area contributed by atoms with Crippen molar-refractivity contribution in [2.24, 2.45) is 5.73 Å². The molecule has 0 atom stereocenters. The first-order valence-electron chi connectivity index (χ1n) is 6.30. The predicted octanol–water partition coefficient (Wildman–Crippen LogP) is 1.57. The van der Waals surface area contributed by atoms with Crippen molar-refractivity contribution in [2.45, 2.75) is 31.2 Å². The van der Waals surface area contributed by atoms with Gasteiger partial charge in [0.2, 0.25) is 10.0 Å². The molecule has 0 fully saturated rings. The summed E-state index contributed by atoms with van der Waals surface area (Å²) in [6.45, 7) is 2.88. The third-order valence-electron chi connectivity index (χ3n) is 2.98. The second kappa shape index (κ2) is 6.88. The normalized spacial score (nSPS) is 11.8. The van der Waals surface area contributed by atoms with Crippen LogP contribution in [-0.2, 0) is 16.6 Å². The molecule has 0 spiro atoms. The van der Waals surface area contributed by atoms with Gasteiger partial charge in [0.1, 0.15) is 10.6 Å². The van der Waals surface area contributed by atoms with Crippen LogP contribution < -0.4 is 10.5 Å². The zero-order chi connectivity index (χ0) is 14.5. The molecule has 5 nitrogen and oxygen atoms in total. The second-order valence-electron chi connectivity index (χ2n) is 4.37. The van der Waals surface area contributed by atoms with E-state index in [1.165, 1.54) is 11.4 Å². The van der Waals surface area contributed by atoms with Crippen molar-refractivity contribution in [3.63, 3.8) is 0 Å². The van der Waals surface area contributed by atoms with Gasteiger partial charge in [-0.15, -0.1) is 0 Å². The topological polar surface area (TPSA) is 72.6 Å². The first kappa shape index (κ1) is 15.9. The van der Waals surface area contributed by atoms with Gasteiger partial charge in [-0.1, -0.05) is 19.4 Å². The highest BCUT2D eigenvalue weighted by Gasteiger charge is 2.24. The van der Waals surface area contributed by atoms with Crippen LogP contribution in [0, 0.1) is 0 Å². The number of hydrogen-bond acceptors (Lipinski definition) is 4. The van der Waals surface area contributed by atoms with Gasteiger partial charge in [-0.2, -0.15) is 0 Å². The average molecular weight is 286 g/mol. The highest BCUT2D eigenvalue weighted by molar-refractivity contribution is 7.89. The van der Waals surface area contributed by atoms with Crippen molar-refractivity contribution in [1.29, 1.82) is 0 Å². The molecule has 0 aliphatic heterocycles. The molecule has 1 aromatic carbocycles. The SMILES string of the molecule is CCCCN(C)S(=O)(=O)c1ccc(CN)cc1OC. The van der Waals surface area contributed by atoms with Crippen molar-refractivity contribution in [2.75, 3.05) is 20.7 Å². The lowest BCUT2D eigenvalue weighted by molar-refractivity contribution is 0.397. The minimum atomic E-state index is -3.51. The Labute approximate surface area is 115 Å². The molecule has 1 aromatic rings. The Morgan fingerprint density at radius 3 is 2.58 bits per heavy atom. The minimum Gasteiger partial charge on any atom is -0.495 e. The third-order valence-corrected chi connectivity index (χ3v) is 4.87. The van der Waals surface area contributed by atoms with Gasteiger partial charge in [-0.05, 0) is 24.1 Å². The zero-order valence-corrected chi connectivity index (χ0v) is 12.5. The molecular formula is C13H22N2O3S. The van der Waals surface area contributed by atoms with E-state index in [9.17, 15) is 8.42 Å². The molecule has 2 N–H and O–H groups in total. The van der Waals surface area contributed by atoms with Gasteiger partial charge in [0, 0.05) is 20.1 Å². The van der Waals surface area contributed by atoms with Crippen LogP contribution in [0.5, 0.6) is 5.75 Å². The summed E-state index contributed by atoms with van der Waals surface area (Å²) < 4.78 is 31.4. The minimum absolute atomic E-state index is 0.186. The Hall–Kier alpha value is -1.11. The fourth-order valence-corrected chi connectivity index (χ4v) is 3.06. The lowest BCUT2D eigenvalue weighted by Crippen LogP contribution is -2.28. The maximum absolute atomic E-state index is 12.4. The van der Waals surface area contributed by atoms with Crippen LogP contribution in [0.3, 0.4) is 0 Å². The summed E-state index contributed by atoms with van der Waals surface area (Å²) in [5, 5.41) is 0. The summed E-state index contributed by atoms with van der Waals surface area (Å²) in [7, 11) is -0.468. The van der Waals surface area contributed by atoms with Crippen LogP contribution in [0.1, 0.15) is 25.3 Å². The average Bonchev–Trinajstić information content (AvgIpc) is 2.43. The molecule has 0 heterocycles. The molecule has 0 bridgehead atoms. The lowest BCUT2D eigenvalue weighted by atomic mass is 10.2. The van der Waals surface area contributed by atoms with E-state index in [0.717, 1.165) is 18.4 Å². The Morgan fingerprint density at radius 2 is 2.05 bits per heavy atom. The summed E-state index contributed by atoms with van der Waals surface area (Å²) in [5.74, 6) is 0.339. The number of ether oxygens (including phenoxy) is 1. The van der Waals surface area contributed by atoms with Crippen molar-refractivity contribution in [1.82, 2.24) is 4.31 Å². The number of methoxy groups -OCH3 is 1. The van der Waals surface area contributed by atoms with Crippen molar-refractivity contribution < 1.29 is 13.2 Å². The smallest absolute Gasteiger partial charge is 0.246 e. The summed E-state index contributed by atoms with van der Waals surface area (Å²) >= 11 is 0. The predicted molar refractivity (Wildman–Crippen MR) is 75.6 cm³/mol. The van der Waals surface area contributed by atoms with E-state index in [-0.39, 0.29) is 4.90 Å². The van der Waals surface area contributed by atoms with Crippen LogP contribution in [0.2, 0.25) is 0 Å². The highest BCUT2D eigenvalue weighted by atomic mass is 32.2. The van der Waals surface area contributed by atoms with E-state index in [4.69, 9.17) is 10.5 Å². The number of hydrogen-bond donors (Lipinski definition) is 1. The van der Waals surface area contributed by atoms with Crippen LogP contribution >= 0.6 is 0 Å². The fourth-order valence-electron chi connectivity index (χ4n) is 1.72. The third kappa shape index (κ3) is 3.68. The highest BCUT2D eigenvalue weighted by Crippen LogP contribution is 2.27. The van der Waals surface area contributed by atoms with Crippen LogP contribution in [-0.4, -0.2) is 33.4 Å². The maximum atomic E-state index is 12.4. The molecule has 0 aliphatic carbocycles. The van der Waals surface area contributed by atoms with Crippen molar-refractivity contribution in [3.8, 4) is 5.75 Å². The van der Waals surface area contributed by atoms with Gasteiger partial charge in [0.25, 0.3) is 0 Å². The van der Waals surface area contributed by atoms with E-state index in [2.05, 4.69) is 0 Å². The summed E-state index contributed by atoms with van der Waals surface area (Å²) in [5.41, 5.74) is 6.38. The molecule has 0 saturated heterocycles. The van der Waals surface area contributed by atoms with Gasteiger partial charge in [-0.25, -0.2) is 12.7 Å². The van der Waals surface area contributed by atoms with Gasteiger partial charge >= 0.3 is 0 Å². The Morgan fingerprint density at radius 1 is 1.37 bits per heavy atom. The van der Waals surface area contributed by atoms with E-state index < -0.39 is 10.0 Å². The first-order chi connectivity index (χ1) is 8.97. The van der Waals surface area contributed by atoms with Gasteiger partial charge < -0.3 is 10.5 Å². The molecule has 0 radical (unpaired) electrons. The van der Waals surface area contributed by atoms with Crippen molar-refractivity contribution >= 4 is 10.0 Å². The summed E-state index contributed by atoms with van der Waals surface area (Å²) in [6, 6.07) is 4.93. The molecule has 0 amide bonds. The quantitative estimate of drug-likeness (QED) is 0.826. The fraction of sp³-hybridized carbons (Fsp3) is 0.538. The monoisotopic (exact) mass is 286 g/mol. The van der Waals surface area contributed by atoms with Crippen molar-refractivity contribution in [3.05, 3.63) is 23.8 Å². The molecule has 0 aromatic heterocycles. The zero-order valence-electron chi connectivity index (χ0n) is 11.7. The number of nitrogens with zero attached hydrogens (tertiary/aromatic N) is 1. The molecular weight excluding hydrogens is 264 g/mol. The standard InChI is InChI=1S/C13H22N2O3S/c1-4-5-8-15(2)19(16,17)13-7-6-11(10-14)9-12(13)18-3/h6-7,9H,4-5,8,10,14H2,1-3H3. The largest absolute Gasteiger partial charge is 0.495 e. The van der Waals surface area contributed by atoms with Crippen LogP contribution in [0.15, 0.2) is 23.1 Å². The molecule has 0 aliphatic rings. The number of nitrogens with two attached hydrogens (primary N) is 1. The van der Waals surface area contributed by atoms with E-state index in [1.807, 2.05) is 6.92 Å². The number of unbranched alkanes of at least 4 members (excludes halogenated alkanes) is 1. The second-order valence-corrected chi connectivity index (χ2v) is 6.38. The van der Waals surface area contributed by atoms with E-state index in [0.29, 0.717) is 18.8 Å². The summed E-state index contributed by atoms with van der Waals surface area (Å²) in [4.78, 5) is 0.186. The van der Waals surface area contributed by atoms with E-state index in [1.54, 1.807) is 25.2 Å². The molecule has 108 valence electrons. The van der Waals surface area contributed by atoms with Gasteiger partial charge in [0.15, 0.2) is 0 Å². The molecule has 0 unspecified atom stereocenters. The Balaban J connectivity index is 3.13. The number of rotatable bonds is 7. The number of benzene rings is 1. The lowest BCUT2D eigenvalue weighted by Gasteiger charge is -2.19. The molecule has 6 heteroatoms. The van der Waals surface area contributed by atoms with Crippen LogP contribution in [0.25, 0.3) is 0 Å². The molecule has 19 heavy (non-hydrogen) atoms. The Bertz CT molecular complexity index is 515. The summed E-state index contributed by atoms with van der Waals surface area (Å²) in [6.07, 6.45) is 1.78. The Kier molecular flexibility index (Phi) is 5.78. The number of sulfonamides is 1. The van der Waals surface area contributed by atoms with Gasteiger partial charge in [-0.3, -0.25) is 0 Å². The molecule has 0 saturated carbocycles. The van der Waals surface area contributed by atoms with Gasteiger partial charge in [0.05, 0.1) is 7.11 Å². The van der Waals surface area contributed by atoms with Crippen LogP contribution in [0.4, 0.5) is 0 Å². The maximum Gasteiger partial charge on any atom is 0.246 e. The first-order valence-corrected chi connectivity index (χ1v) is 7.74.